The van der Waals surface area contributed by atoms with Gasteiger partial charge < -0.3 is 9.47 Å². The third-order valence-corrected chi connectivity index (χ3v) is 3.89. The highest BCUT2D eigenvalue weighted by atomic mass is 32.2. The van der Waals surface area contributed by atoms with Gasteiger partial charge in [-0.1, -0.05) is 0 Å². The minimum atomic E-state index is -3.40. The molecule has 0 saturated carbocycles. The lowest BCUT2D eigenvalue weighted by atomic mass is 10.1. The summed E-state index contributed by atoms with van der Waals surface area (Å²) in [6, 6.07) is 1.85. The second kappa shape index (κ2) is 4.66. The summed E-state index contributed by atoms with van der Waals surface area (Å²) in [5.74, 6) is -0.708. The Morgan fingerprint density at radius 2 is 2.12 bits per heavy atom. The Bertz CT molecular complexity index is 485. The van der Waals surface area contributed by atoms with Crippen molar-refractivity contribution in [2.45, 2.75) is 19.3 Å². The smallest absolute Gasteiger partial charge is 0.264 e. The maximum atomic E-state index is 10.9. The molecule has 1 fully saturated rings. The molecule has 1 saturated heterocycles. The number of rotatable bonds is 4. The molecule has 7 heteroatoms. The molecule has 1 aromatic heterocycles. The minimum Gasteiger partial charge on any atom is -0.344 e. The average Bonchev–Trinajstić information content (AvgIpc) is 2.83. The van der Waals surface area contributed by atoms with Crippen molar-refractivity contribution >= 4 is 21.5 Å². The maximum Gasteiger partial charge on any atom is 0.264 e. The van der Waals surface area contributed by atoms with E-state index in [4.69, 9.17) is 13.7 Å². The van der Waals surface area contributed by atoms with Crippen LogP contribution in [0, 0.1) is 0 Å². The molecule has 0 N–H and O–H groups in total. The lowest BCUT2D eigenvalue weighted by Crippen LogP contribution is -2.21. The van der Waals surface area contributed by atoms with Gasteiger partial charge in [0.05, 0.1) is 19.5 Å². The molecular weight excluding hydrogens is 264 g/mol. The first kappa shape index (κ1) is 13.0. The molecule has 2 rings (SSSR count). The largest absolute Gasteiger partial charge is 0.344 e. The Morgan fingerprint density at radius 1 is 1.47 bits per heavy atom. The van der Waals surface area contributed by atoms with E-state index >= 15 is 0 Å². The highest BCUT2D eigenvalue weighted by Crippen LogP contribution is 2.33. The summed E-state index contributed by atoms with van der Waals surface area (Å²) in [6.07, 6.45) is 1.03. The molecule has 1 aliphatic heterocycles. The average molecular weight is 278 g/mol. The van der Waals surface area contributed by atoms with Crippen LogP contribution in [0.25, 0.3) is 0 Å². The monoisotopic (exact) mass is 278 g/mol. The molecule has 5 nitrogen and oxygen atoms in total. The molecule has 0 spiro atoms. The van der Waals surface area contributed by atoms with Crippen molar-refractivity contribution in [1.82, 2.24) is 0 Å². The lowest BCUT2D eigenvalue weighted by molar-refractivity contribution is -0.149. The molecule has 0 amide bonds. The van der Waals surface area contributed by atoms with E-state index in [1.807, 2.05) is 18.4 Å². The zero-order chi connectivity index (χ0) is 12.5. The van der Waals surface area contributed by atoms with E-state index in [-0.39, 0.29) is 6.61 Å². The van der Waals surface area contributed by atoms with Gasteiger partial charge in [0.2, 0.25) is 0 Å². The van der Waals surface area contributed by atoms with Crippen LogP contribution in [0.4, 0.5) is 0 Å². The molecule has 96 valence electrons. The van der Waals surface area contributed by atoms with Crippen molar-refractivity contribution < 1.29 is 22.1 Å². The Balaban J connectivity index is 2.06. The van der Waals surface area contributed by atoms with Gasteiger partial charge in [-0.2, -0.15) is 8.42 Å². The highest BCUT2D eigenvalue weighted by molar-refractivity contribution is 7.85. The zero-order valence-electron chi connectivity index (χ0n) is 9.63. The quantitative estimate of drug-likeness (QED) is 0.780. The summed E-state index contributed by atoms with van der Waals surface area (Å²) < 4.78 is 37.5. The number of ether oxygens (including phenoxy) is 2. The molecule has 1 aliphatic rings. The fourth-order valence-electron chi connectivity index (χ4n) is 1.54. The Hall–Kier alpha value is -0.470. The summed E-state index contributed by atoms with van der Waals surface area (Å²) in [6.45, 7) is 3.05. The first-order chi connectivity index (χ1) is 7.89. The van der Waals surface area contributed by atoms with E-state index in [1.165, 1.54) is 11.3 Å². The molecule has 1 aromatic rings. The van der Waals surface area contributed by atoms with Crippen molar-refractivity contribution in [2.24, 2.45) is 0 Å². The van der Waals surface area contributed by atoms with E-state index in [0.29, 0.717) is 13.2 Å². The molecule has 0 bridgehead atoms. The molecule has 0 radical (unpaired) electrons. The highest BCUT2D eigenvalue weighted by Gasteiger charge is 2.33. The number of thiophene rings is 1. The van der Waals surface area contributed by atoms with E-state index in [0.717, 1.165) is 16.7 Å². The van der Waals surface area contributed by atoms with Gasteiger partial charge in [-0.25, -0.2) is 0 Å². The summed E-state index contributed by atoms with van der Waals surface area (Å²) in [5, 5.41) is 1.90. The number of hydrogen-bond donors (Lipinski definition) is 0. The Morgan fingerprint density at radius 3 is 2.71 bits per heavy atom. The lowest BCUT2D eigenvalue weighted by Gasteiger charge is -2.20. The first-order valence-corrected chi connectivity index (χ1v) is 7.79. The van der Waals surface area contributed by atoms with Crippen LogP contribution in [0.1, 0.15) is 17.4 Å². The SMILES string of the molecule is CC1(c2csc(COS(C)(=O)=O)c2)OCCO1. The maximum absolute atomic E-state index is 10.9. The van der Waals surface area contributed by atoms with Gasteiger partial charge in [-0.3, -0.25) is 4.18 Å². The van der Waals surface area contributed by atoms with E-state index in [2.05, 4.69) is 0 Å². The predicted molar refractivity (Wildman–Crippen MR) is 63.2 cm³/mol. The summed E-state index contributed by atoms with van der Waals surface area (Å²) in [7, 11) is -3.40. The normalized spacial score (nSPS) is 19.6. The van der Waals surface area contributed by atoms with Crippen molar-refractivity contribution in [2.75, 3.05) is 19.5 Å². The van der Waals surface area contributed by atoms with Gasteiger partial charge in [-0.05, 0) is 18.4 Å². The van der Waals surface area contributed by atoms with Crippen LogP contribution < -0.4 is 0 Å². The standard InChI is InChI=1S/C10H14O5S2/c1-10(13-3-4-14-10)8-5-9(16-7-8)6-15-17(2,11)12/h5,7H,3-4,6H2,1-2H3. The molecule has 0 atom stereocenters. The topological polar surface area (TPSA) is 61.8 Å². The van der Waals surface area contributed by atoms with Crippen LogP contribution >= 0.6 is 11.3 Å². The van der Waals surface area contributed by atoms with Gasteiger partial charge >= 0.3 is 0 Å². The van der Waals surface area contributed by atoms with Crippen LogP contribution in [0.2, 0.25) is 0 Å². The summed E-state index contributed by atoms with van der Waals surface area (Å²) >= 11 is 1.43. The molecule has 2 heterocycles. The third-order valence-electron chi connectivity index (χ3n) is 2.43. The van der Waals surface area contributed by atoms with Crippen LogP contribution in [-0.2, 0) is 36.2 Å². The van der Waals surface area contributed by atoms with Gasteiger partial charge in [0.1, 0.15) is 6.61 Å². The molecule has 0 unspecified atom stereocenters. The van der Waals surface area contributed by atoms with Gasteiger partial charge in [0.25, 0.3) is 10.1 Å². The minimum absolute atomic E-state index is 0.0551. The molecule has 0 aromatic carbocycles. The second-order valence-electron chi connectivity index (χ2n) is 3.91. The van der Waals surface area contributed by atoms with E-state index in [9.17, 15) is 8.42 Å². The van der Waals surface area contributed by atoms with Gasteiger partial charge in [0.15, 0.2) is 5.79 Å². The van der Waals surface area contributed by atoms with Crippen LogP contribution in [0.15, 0.2) is 11.4 Å². The zero-order valence-corrected chi connectivity index (χ0v) is 11.3. The summed E-state index contributed by atoms with van der Waals surface area (Å²) in [5.41, 5.74) is 0.895. The molecule has 17 heavy (non-hydrogen) atoms. The van der Waals surface area contributed by atoms with Crippen molar-refractivity contribution in [3.05, 3.63) is 21.9 Å². The predicted octanol–water partition coefficient (Wildman–Crippen LogP) is 1.44. The van der Waals surface area contributed by atoms with Crippen molar-refractivity contribution in [3.8, 4) is 0 Å². The molecule has 0 aliphatic carbocycles. The van der Waals surface area contributed by atoms with Crippen molar-refractivity contribution in [3.63, 3.8) is 0 Å². The van der Waals surface area contributed by atoms with Crippen LogP contribution in [0.5, 0.6) is 0 Å². The molecular formula is C10H14O5S2. The van der Waals surface area contributed by atoms with Gasteiger partial charge in [0, 0.05) is 10.4 Å². The van der Waals surface area contributed by atoms with Crippen LogP contribution in [0.3, 0.4) is 0 Å². The first-order valence-electron chi connectivity index (χ1n) is 5.09. The summed E-state index contributed by atoms with van der Waals surface area (Å²) in [4.78, 5) is 0.825. The fourth-order valence-corrected chi connectivity index (χ4v) is 2.84. The van der Waals surface area contributed by atoms with Crippen LogP contribution in [-0.4, -0.2) is 27.9 Å². The Kier molecular flexibility index (Phi) is 3.55. The van der Waals surface area contributed by atoms with E-state index < -0.39 is 15.9 Å². The fraction of sp³-hybridized carbons (Fsp3) is 0.600. The van der Waals surface area contributed by atoms with Crippen molar-refractivity contribution in [1.29, 1.82) is 0 Å². The van der Waals surface area contributed by atoms with Gasteiger partial charge in [-0.15, -0.1) is 11.3 Å². The number of hydrogen-bond acceptors (Lipinski definition) is 6. The Labute approximate surface area is 104 Å². The third kappa shape index (κ3) is 3.26. The second-order valence-corrected chi connectivity index (χ2v) is 6.55. The van der Waals surface area contributed by atoms with E-state index in [1.54, 1.807) is 0 Å².